The third kappa shape index (κ3) is 5.33. The molecular formula is C20H39N5. The minimum atomic E-state index is 0.605. The number of guanidine groups is 1. The molecule has 1 N–H and O–H groups in total. The topological polar surface area (TPSA) is 34.1 Å². The Morgan fingerprint density at radius 2 is 1.80 bits per heavy atom. The Morgan fingerprint density at radius 3 is 2.60 bits per heavy atom. The van der Waals surface area contributed by atoms with Gasteiger partial charge in [0.05, 0.1) is 0 Å². The molecule has 0 unspecified atom stereocenters. The molecule has 0 aromatic carbocycles. The number of likely N-dealkylation sites (N-methyl/N-ethyl adjacent to an activating group) is 1. The number of hydrogen-bond acceptors (Lipinski definition) is 3. The molecule has 25 heavy (non-hydrogen) atoms. The molecule has 0 amide bonds. The monoisotopic (exact) mass is 349 g/mol. The van der Waals surface area contributed by atoms with Crippen molar-refractivity contribution in [3.05, 3.63) is 0 Å². The van der Waals surface area contributed by atoms with Crippen molar-refractivity contribution in [2.24, 2.45) is 10.4 Å². The highest BCUT2D eigenvalue weighted by molar-refractivity contribution is 5.80. The zero-order valence-corrected chi connectivity index (χ0v) is 16.6. The van der Waals surface area contributed by atoms with Gasteiger partial charge in [-0.1, -0.05) is 19.3 Å². The molecule has 3 rings (SSSR count). The molecule has 2 aliphatic heterocycles. The minimum Gasteiger partial charge on any atom is -0.356 e. The molecule has 2 heterocycles. The molecule has 144 valence electrons. The maximum atomic E-state index is 4.57. The third-order valence-electron chi connectivity index (χ3n) is 6.61. The van der Waals surface area contributed by atoms with Crippen LogP contribution in [-0.4, -0.2) is 87.1 Å². The van der Waals surface area contributed by atoms with Gasteiger partial charge in [-0.15, -0.1) is 0 Å². The molecule has 0 radical (unpaired) electrons. The summed E-state index contributed by atoms with van der Waals surface area (Å²) >= 11 is 0. The van der Waals surface area contributed by atoms with Crippen molar-refractivity contribution in [3.8, 4) is 0 Å². The zero-order chi connectivity index (χ0) is 17.5. The van der Waals surface area contributed by atoms with Crippen LogP contribution in [0.2, 0.25) is 0 Å². The summed E-state index contributed by atoms with van der Waals surface area (Å²) in [5, 5.41) is 3.64. The Morgan fingerprint density at radius 1 is 0.960 bits per heavy atom. The van der Waals surface area contributed by atoms with Crippen LogP contribution in [-0.2, 0) is 0 Å². The third-order valence-corrected chi connectivity index (χ3v) is 6.61. The van der Waals surface area contributed by atoms with E-state index in [1.807, 2.05) is 7.05 Å². The summed E-state index contributed by atoms with van der Waals surface area (Å²) in [5.41, 5.74) is 0.605. The molecule has 0 bridgehead atoms. The Bertz CT molecular complexity index is 430. The molecule has 1 aliphatic carbocycles. The van der Waals surface area contributed by atoms with E-state index >= 15 is 0 Å². The van der Waals surface area contributed by atoms with E-state index in [1.54, 1.807) is 0 Å². The number of nitrogens with zero attached hydrogens (tertiary/aromatic N) is 4. The number of nitrogens with one attached hydrogen (secondary N) is 1. The van der Waals surface area contributed by atoms with E-state index in [0.29, 0.717) is 5.41 Å². The highest BCUT2D eigenvalue weighted by Gasteiger charge is 2.39. The molecular weight excluding hydrogens is 310 g/mol. The first-order valence-corrected chi connectivity index (χ1v) is 10.6. The van der Waals surface area contributed by atoms with Gasteiger partial charge in [-0.25, -0.2) is 0 Å². The summed E-state index contributed by atoms with van der Waals surface area (Å²) in [6.45, 7) is 9.62. The van der Waals surface area contributed by atoms with Crippen molar-refractivity contribution in [1.29, 1.82) is 0 Å². The normalized spacial score (nSPS) is 26.2. The maximum absolute atomic E-state index is 4.57. The predicted octanol–water partition coefficient (Wildman–Crippen LogP) is 2.25. The summed E-state index contributed by atoms with van der Waals surface area (Å²) in [7, 11) is 4.18. The largest absolute Gasteiger partial charge is 0.356 e. The van der Waals surface area contributed by atoms with Crippen LogP contribution in [0, 0.1) is 5.41 Å². The van der Waals surface area contributed by atoms with Gasteiger partial charge in [0.2, 0.25) is 0 Å². The van der Waals surface area contributed by atoms with Gasteiger partial charge in [0, 0.05) is 39.8 Å². The van der Waals surface area contributed by atoms with E-state index in [-0.39, 0.29) is 0 Å². The molecule has 1 spiro atoms. The van der Waals surface area contributed by atoms with Crippen LogP contribution in [0.15, 0.2) is 4.99 Å². The quantitative estimate of drug-likeness (QED) is 0.479. The van der Waals surface area contributed by atoms with Crippen LogP contribution in [0.1, 0.15) is 51.4 Å². The van der Waals surface area contributed by atoms with Gasteiger partial charge in [0.15, 0.2) is 5.96 Å². The average Bonchev–Trinajstić information content (AvgIpc) is 2.90. The first-order valence-electron chi connectivity index (χ1n) is 10.6. The van der Waals surface area contributed by atoms with Crippen molar-refractivity contribution in [2.45, 2.75) is 51.4 Å². The summed E-state index contributed by atoms with van der Waals surface area (Å²) < 4.78 is 0. The first-order chi connectivity index (χ1) is 12.2. The van der Waals surface area contributed by atoms with Gasteiger partial charge in [-0.2, -0.15) is 0 Å². The van der Waals surface area contributed by atoms with Crippen LogP contribution >= 0.6 is 0 Å². The fourth-order valence-corrected chi connectivity index (χ4v) is 4.98. The second-order valence-electron chi connectivity index (χ2n) is 8.56. The molecule has 0 aromatic heterocycles. The van der Waals surface area contributed by atoms with Crippen molar-refractivity contribution in [3.63, 3.8) is 0 Å². The van der Waals surface area contributed by atoms with E-state index in [0.717, 1.165) is 12.5 Å². The summed E-state index contributed by atoms with van der Waals surface area (Å²) in [6, 6.07) is 0. The lowest BCUT2D eigenvalue weighted by Crippen LogP contribution is -2.42. The van der Waals surface area contributed by atoms with Gasteiger partial charge >= 0.3 is 0 Å². The molecule has 3 fully saturated rings. The second-order valence-corrected chi connectivity index (χ2v) is 8.56. The van der Waals surface area contributed by atoms with Crippen LogP contribution in [0.3, 0.4) is 0 Å². The van der Waals surface area contributed by atoms with E-state index in [9.17, 15) is 0 Å². The van der Waals surface area contributed by atoms with Crippen molar-refractivity contribution >= 4 is 5.96 Å². The Balaban J connectivity index is 1.37. The van der Waals surface area contributed by atoms with Gasteiger partial charge in [0.25, 0.3) is 0 Å². The number of likely N-dealkylation sites (tertiary alicyclic amines) is 1. The molecule has 2 saturated heterocycles. The van der Waals surface area contributed by atoms with Crippen LogP contribution in [0.4, 0.5) is 0 Å². The van der Waals surface area contributed by atoms with Crippen LogP contribution in [0.5, 0.6) is 0 Å². The molecule has 5 heteroatoms. The standard InChI is InChI=1S/C20H39N5/c1-21-19(25-15-10-20(18-25)8-4-3-5-9-20)22-11-6-13-24-14-7-12-23(2)16-17-24/h3-18H2,1-2H3,(H,21,22). The second kappa shape index (κ2) is 9.22. The summed E-state index contributed by atoms with van der Waals surface area (Å²) in [4.78, 5) is 12.2. The van der Waals surface area contributed by atoms with Crippen LogP contribution < -0.4 is 5.32 Å². The van der Waals surface area contributed by atoms with E-state index in [4.69, 9.17) is 0 Å². The average molecular weight is 350 g/mol. The highest BCUT2D eigenvalue weighted by Crippen LogP contribution is 2.43. The Labute approximate surface area is 154 Å². The van der Waals surface area contributed by atoms with Crippen LogP contribution in [0.25, 0.3) is 0 Å². The van der Waals surface area contributed by atoms with Crippen molar-refractivity contribution in [2.75, 3.05) is 66.5 Å². The predicted molar refractivity (Wildman–Crippen MR) is 106 cm³/mol. The van der Waals surface area contributed by atoms with Crippen molar-refractivity contribution in [1.82, 2.24) is 20.0 Å². The molecule has 0 atom stereocenters. The lowest BCUT2D eigenvalue weighted by molar-refractivity contribution is 0.203. The van der Waals surface area contributed by atoms with Gasteiger partial charge in [-0.3, -0.25) is 4.99 Å². The maximum Gasteiger partial charge on any atom is 0.193 e. The van der Waals surface area contributed by atoms with Gasteiger partial charge in [-0.05, 0) is 64.2 Å². The Kier molecular flexibility index (Phi) is 7.00. The fraction of sp³-hybridized carbons (Fsp3) is 0.950. The lowest BCUT2D eigenvalue weighted by atomic mass is 9.73. The highest BCUT2D eigenvalue weighted by atomic mass is 15.3. The number of aliphatic imine (C=N–C) groups is 1. The van der Waals surface area contributed by atoms with Gasteiger partial charge in [0.1, 0.15) is 0 Å². The lowest BCUT2D eigenvalue weighted by Gasteiger charge is -2.33. The smallest absolute Gasteiger partial charge is 0.193 e. The van der Waals surface area contributed by atoms with Gasteiger partial charge < -0.3 is 20.0 Å². The minimum absolute atomic E-state index is 0.605. The first kappa shape index (κ1) is 19.0. The zero-order valence-electron chi connectivity index (χ0n) is 16.6. The van der Waals surface area contributed by atoms with E-state index in [1.165, 1.54) is 97.2 Å². The number of rotatable bonds is 4. The number of hydrogen-bond donors (Lipinski definition) is 1. The molecule has 0 aromatic rings. The van der Waals surface area contributed by atoms with E-state index in [2.05, 4.69) is 32.1 Å². The Hall–Kier alpha value is -0.810. The summed E-state index contributed by atoms with van der Waals surface area (Å²) in [5.74, 6) is 1.14. The fourth-order valence-electron chi connectivity index (χ4n) is 4.98. The molecule has 5 nitrogen and oxygen atoms in total. The summed E-state index contributed by atoms with van der Waals surface area (Å²) in [6.07, 6.45) is 11.1. The molecule has 1 saturated carbocycles. The molecule has 3 aliphatic rings. The van der Waals surface area contributed by atoms with Crippen molar-refractivity contribution < 1.29 is 0 Å². The van der Waals surface area contributed by atoms with E-state index < -0.39 is 0 Å². The SMILES string of the molecule is CN=C(NCCCN1CCCN(C)CC1)N1CCC2(CCCCC2)C1.